The lowest BCUT2D eigenvalue weighted by Gasteiger charge is -2.28. The third-order valence-corrected chi connectivity index (χ3v) is 4.41. The number of aromatic nitrogens is 3. The molecule has 1 fully saturated rings. The SMILES string of the molecule is CN(C)c1ccc(-c2cnn3c(N4CCOCC4)ccnc23)cc1. The van der Waals surface area contributed by atoms with Crippen LogP contribution in [0.25, 0.3) is 16.8 Å². The van der Waals surface area contributed by atoms with Crippen molar-refractivity contribution in [2.45, 2.75) is 0 Å². The summed E-state index contributed by atoms with van der Waals surface area (Å²) in [5.74, 6) is 1.07. The van der Waals surface area contributed by atoms with Crippen LogP contribution in [0.1, 0.15) is 0 Å². The first-order valence-corrected chi connectivity index (χ1v) is 8.17. The molecule has 0 atom stereocenters. The Hall–Kier alpha value is -2.60. The molecule has 6 heteroatoms. The molecule has 2 aromatic heterocycles. The van der Waals surface area contributed by atoms with Crippen molar-refractivity contribution in [2.24, 2.45) is 0 Å². The summed E-state index contributed by atoms with van der Waals surface area (Å²) in [4.78, 5) is 8.95. The van der Waals surface area contributed by atoms with Crippen LogP contribution in [0.2, 0.25) is 0 Å². The Bertz CT molecular complexity index is 834. The molecule has 0 saturated carbocycles. The fraction of sp³-hybridized carbons (Fsp3) is 0.333. The van der Waals surface area contributed by atoms with E-state index in [4.69, 9.17) is 4.74 Å². The molecule has 0 N–H and O–H groups in total. The van der Waals surface area contributed by atoms with Gasteiger partial charge < -0.3 is 14.5 Å². The second kappa shape index (κ2) is 6.13. The molecule has 6 nitrogen and oxygen atoms in total. The van der Waals surface area contributed by atoms with Gasteiger partial charge in [-0.05, 0) is 23.8 Å². The van der Waals surface area contributed by atoms with Gasteiger partial charge in [0, 0.05) is 44.6 Å². The molecule has 4 rings (SSSR count). The summed E-state index contributed by atoms with van der Waals surface area (Å²) in [5.41, 5.74) is 4.24. The highest BCUT2D eigenvalue weighted by Crippen LogP contribution is 2.27. The van der Waals surface area contributed by atoms with E-state index >= 15 is 0 Å². The third-order valence-electron chi connectivity index (χ3n) is 4.41. The highest BCUT2D eigenvalue weighted by molar-refractivity contribution is 5.78. The van der Waals surface area contributed by atoms with E-state index in [0.717, 1.165) is 48.9 Å². The highest BCUT2D eigenvalue weighted by Gasteiger charge is 2.17. The number of rotatable bonds is 3. The molecular formula is C18H21N5O. The van der Waals surface area contributed by atoms with Gasteiger partial charge in [0.1, 0.15) is 5.82 Å². The molecule has 0 spiro atoms. The molecule has 0 unspecified atom stereocenters. The van der Waals surface area contributed by atoms with Gasteiger partial charge >= 0.3 is 0 Å². The Morgan fingerprint density at radius 3 is 2.50 bits per heavy atom. The molecule has 1 aliphatic rings. The Morgan fingerprint density at radius 2 is 1.79 bits per heavy atom. The lowest BCUT2D eigenvalue weighted by atomic mass is 10.1. The van der Waals surface area contributed by atoms with Gasteiger partial charge in [0.25, 0.3) is 0 Å². The van der Waals surface area contributed by atoms with Crippen LogP contribution in [0.3, 0.4) is 0 Å². The first kappa shape index (κ1) is 15.0. The Balaban J connectivity index is 1.75. The van der Waals surface area contributed by atoms with Crippen LogP contribution in [0.15, 0.2) is 42.7 Å². The molecule has 0 bridgehead atoms. The lowest BCUT2D eigenvalue weighted by molar-refractivity contribution is 0.122. The molecule has 1 saturated heterocycles. The minimum absolute atomic E-state index is 0.754. The summed E-state index contributed by atoms with van der Waals surface area (Å²) < 4.78 is 7.38. The second-order valence-corrected chi connectivity index (χ2v) is 6.14. The van der Waals surface area contributed by atoms with E-state index in [9.17, 15) is 0 Å². The lowest BCUT2D eigenvalue weighted by Crippen LogP contribution is -2.37. The van der Waals surface area contributed by atoms with Crippen molar-refractivity contribution >= 4 is 17.2 Å². The zero-order valence-electron chi connectivity index (χ0n) is 14.0. The van der Waals surface area contributed by atoms with Crippen LogP contribution >= 0.6 is 0 Å². The van der Waals surface area contributed by atoms with Gasteiger partial charge in [-0.25, -0.2) is 4.98 Å². The summed E-state index contributed by atoms with van der Waals surface area (Å²) >= 11 is 0. The van der Waals surface area contributed by atoms with Gasteiger partial charge in [-0.3, -0.25) is 0 Å². The van der Waals surface area contributed by atoms with Crippen molar-refractivity contribution < 1.29 is 4.74 Å². The van der Waals surface area contributed by atoms with Crippen LogP contribution in [0.5, 0.6) is 0 Å². The van der Waals surface area contributed by atoms with E-state index in [1.807, 2.05) is 37.1 Å². The number of anilines is 2. The van der Waals surface area contributed by atoms with Gasteiger partial charge in [0.05, 0.1) is 19.4 Å². The van der Waals surface area contributed by atoms with Crippen molar-refractivity contribution in [3.8, 4) is 11.1 Å². The number of hydrogen-bond acceptors (Lipinski definition) is 5. The number of nitrogens with zero attached hydrogens (tertiary/aromatic N) is 5. The van der Waals surface area contributed by atoms with Crippen LogP contribution < -0.4 is 9.80 Å². The molecule has 0 amide bonds. The van der Waals surface area contributed by atoms with E-state index < -0.39 is 0 Å². The maximum Gasteiger partial charge on any atom is 0.165 e. The van der Waals surface area contributed by atoms with Crippen molar-refractivity contribution in [1.29, 1.82) is 0 Å². The van der Waals surface area contributed by atoms with Crippen molar-refractivity contribution in [2.75, 3.05) is 50.2 Å². The van der Waals surface area contributed by atoms with Crippen molar-refractivity contribution in [3.05, 3.63) is 42.7 Å². The molecule has 0 radical (unpaired) electrons. The maximum atomic E-state index is 5.45. The first-order chi connectivity index (χ1) is 11.7. The quantitative estimate of drug-likeness (QED) is 0.740. The third kappa shape index (κ3) is 2.59. The molecule has 3 aromatic rings. The number of ether oxygens (including phenoxy) is 1. The van der Waals surface area contributed by atoms with Gasteiger partial charge in [0.2, 0.25) is 0 Å². The molecular weight excluding hydrogens is 302 g/mol. The zero-order chi connectivity index (χ0) is 16.5. The van der Waals surface area contributed by atoms with E-state index in [2.05, 4.69) is 44.1 Å². The van der Waals surface area contributed by atoms with Crippen LogP contribution in [-0.2, 0) is 4.74 Å². The predicted molar refractivity (Wildman–Crippen MR) is 95.8 cm³/mol. The van der Waals surface area contributed by atoms with E-state index in [0.29, 0.717) is 0 Å². The number of fused-ring (bicyclic) bond motifs is 1. The fourth-order valence-corrected chi connectivity index (χ4v) is 3.05. The average Bonchev–Trinajstić information content (AvgIpc) is 3.06. The molecule has 1 aromatic carbocycles. The normalized spacial score (nSPS) is 15.0. The molecule has 3 heterocycles. The van der Waals surface area contributed by atoms with E-state index in [1.54, 1.807) is 0 Å². The summed E-state index contributed by atoms with van der Waals surface area (Å²) in [7, 11) is 4.08. The first-order valence-electron chi connectivity index (χ1n) is 8.17. The predicted octanol–water partition coefficient (Wildman–Crippen LogP) is 2.30. The minimum Gasteiger partial charge on any atom is -0.378 e. The summed E-state index contributed by atoms with van der Waals surface area (Å²) in [5, 5.41) is 4.59. The van der Waals surface area contributed by atoms with Gasteiger partial charge in [0.15, 0.2) is 5.65 Å². The van der Waals surface area contributed by atoms with Gasteiger partial charge in [-0.15, -0.1) is 0 Å². The van der Waals surface area contributed by atoms with Gasteiger partial charge in [-0.1, -0.05) is 12.1 Å². The van der Waals surface area contributed by atoms with Crippen molar-refractivity contribution in [3.63, 3.8) is 0 Å². The Labute approximate surface area is 141 Å². The van der Waals surface area contributed by atoms with Gasteiger partial charge in [-0.2, -0.15) is 9.61 Å². The standard InChI is InChI=1S/C18H21N5O/c1-21(2)15-5-3-14(4-6-15)16-13-20-23-17(7-8-19-18(16)23)22-9-11-24-12-10-22/h3-8,13H,9-12H2,1-2H3. The molecule has 24 heavy (non-hydrogen) atoms. The van der Waals surface area contributed by atoms with E-state index in [1.165, 1.54) is 5.69 Å². The van der Waals surface area contributed by atoms with Crippen LogP contribution in [0, 0.1) is 0 Å². The van der Waals surface area contributed by atoms with Crippen molar-refractivity contribution in [1.82, 2.24) is 14.6 Å². The number of morpholine rings is 1. The fourth-order valence-electron chi connectivity index (χ4n) is 3.05. The largest absolute Gasteiger partial charge is 0.378 e. The van der Waals surface area contributed by atoms with Crippen LogP contribution in [-0.4, -0.2) is 55.0 Å². The summed E-state index contributed by atoms with van der Waals surface area (Å²) in [6.07, 6.45) is 3.76. The zero-order valence-corrected chi connectivity index (χ0v) is 14.0. The molecule has 124 valence electrons. The molecule has 1 aliphatic heterocycles. The monoisotopic (exact) mass is 323 g/mol. The number of benzene rings is 1. The van der Waals surface area contributed by atoms with Crippen LogP contribution in [0.4, 0.5) is 11.5 Å². The molecule has 0 aliphatic carbocycles. The Kier molecular flexibility index (Phi) is 3.82. The summed E-state index contributed by atoms with van der Waals surface area (Å²) in [6.45, 7) is 3.27. The maximum absolute atomic E-state index is 5.45. The smallest absolute Gasteiger partial charge is 0.165 e. The summed E-state index contributed by atoms with van der Waals surface area (Å²) in [6, 6.07) is 10.5. The second-order valence-electron chi connectivity index (χ2n) is 6.14. The average molecular weight is 323 g/mol. The minimum atomic E-state index is 0.754. The Morgan fingerprint density at radius 1 is 1.04 bits per heavy atom. The number of hydrogen-bond donors (Lipinski definition) is 0. The topological polar surface area (TPSA) is 45.9 Å². The highest BCUT2D eigenvalue weighted by atomic mass is 16.5. The van der Waals surface area contributed by atoms with E-state index in [-0.39, 0.29) is 0 Å².